The fraction of sp³-hybridized carbons (Fsp3) is 0.133. The molecule has 0 saturated carbocycles. The molecule has 0 radical (unpaired) electrons. The van der Waals surface area contributed by atoms with Crippen molar-refractivity contribution < 1.29 is 9.90 Å². The van der Waals surface area contributed by atoms with Crippen molar-refractivity contribution in [3.05, 3.63) is 60.2 Å². The van der Waals surface area contributed by atoms with Gasteiger partial charge in [0.1, 0.15) is 0 Å². The third-order valence-electron chi connectivity index (χ3n) is 2.82. The lowest BCUT2D eigenvalue weighted by atomic mass is 10.0. The summed E-state index contributed by atoms with van der Waals surface area (Å²) in [6.07, 6.45) is 0. The number of hydrogen-bond acceptors (Lipinski definition) is 2. The molecule has 0 aliphatic rings. The van der Waals surface area contributed by atoms with Crippen LogP contribution in [0.1, 0.15) is 18.4 Å². The van der Waals surface area contributed by atoms with Gasteiger partial charge in [-0.3, -0.25) is 4.79 Å². The second kappa shape index (κ2) is 5.36. The fourth-order valence-corrected chi connectivity index (χ4v) is 1.72. The van der Waals surface area contributed by atoms with E-state index in [1.807, 2.05) is 54.6 Å². The molecule has 2 aromatic carbocycles. The average molecular weight is 241 g/mol. The maximum absolute atomic E-state index is 10.9. The van der Waals surface area contributed by atoms with Crippen LogP contribution < -0.4 is 5.32 Å². The van der Waals surface area contributed by atoms with Crippen LogP contribution in [0.25, 0.3) is 0 Å². The Bertz CT molecular complexity index is 537. The van der Waals surface area contributed by atoms with Crippen LogP contribution >= 0.6 is 0 Å². The van der Waals surface area contributed by atoms with Crippen LogP contribution in [0.3, 0.4) is 0 Å². The number of carboxylic acid groups (broad SMARTS) is 1. The zero-order valence-corrected chi connectivity index (χ0v) is 10.1. The van der Waals surface area contributed by atoms with E-state index >= 15 is 0 Å². The number of carboxylic acids is 1. The number of benzene rings is 2. The Balaban J connectivity index is 2.20. The molecule has 0 aliphatic carbocycles. The Morgan fingerprint density at radius 1 is 1.06 bits per heavy atom. The van der Waals surface area contributed by atoms with Crippen molar-refractivity contribution >= 4 is 17.3 Å². The summed E-state index contributed by atoms with van der Waals surface area (Å²) >= 11 is 0. The zero-order chi connectivity index (χ0) is 13.0. The van der Waals surface area contributed by atoms with Gasteiger partial charge in [-0.15, -0.1) is 0 Å². The summed E-state index contributed by atoms with van der Waals surface area (Å²) in [6.45, 7) is 1.68. The van der Waals surface area contributed by atoms with Gasteiger partial charge in [-0.25, -0.2) is 0 Å². The van der Waals surface area contributed by atoms with E-state index in [4.69, 9.17) is 5.11 Å². The van der Waals surface area contributed by atoms with Gasteiger partial charge < -0.3 is 10.4 Å². The summed E-state index contributed by atoms with van der Waals surface area (Å²) < 4.78 is 0. The van der Waals surface area contributed by atoms with E-state index in [1.54, 1.807) is 6.92 Å². The highest BCUT2D eigenvalue weighted by atomic mass is 16.4. The molecule has 2 N–H and O–H groups in total. The van der Waals surface area contributed by atoms with Crippen LogP contribution in [0, 0.1) is 0 Å². The topological polar surface area (TPSA) is 49.3 Å². The normalized spacial score (nSPS) is 11.8. The molecule has 2 rings (SSSR count). The van der Waals surface area contributed by atoms with Crippen molar-refractivity contribution in [3.8, 4) is 0 Å². The van der Waals surface area contributed by atoms with Crippen LogP contribution in [0.4, 0.5) is 11.4 Å². The third kappa shape index (κ3) is 2.88. The molecular weight excluding hydrogens is 226 g/mol. The number of aliphatic carboxylic acids is 1. The number of rotatable bonds is 4. The summed E-state index contributed by atoms with van der Waals surface area (Å²) in [7, 11) is 0. The van der Waals surface area contributed by atoms with E-state index < -0.39 is 11.9 Å². The first-order valence-corrected chi connectivity index (χ1v) is 5.81. The van der Waals surface area contributed by atoms with Gasteiger partial charge in [0.15, 0.2) is 0 Å². The standard InChI is InChI=1S/C15H15NO2/c1-11(15(17)18)12-6-5-9-14(10-12)16-13-7-3-2-4-8-13/h2-11,16H,1H3,(H,17,18)/t11-/m0/s1. The van der Waals surface area contributed by atoms with Gasteiger partial charge in [-0.05, 0) is 36.8 Å². The van der Waals surface area contributed by atoms with Gasteiger partial charge in [0.25, 0.3) is 0 Å². The number of para-hydroxylation sites is 1. The first-order chi connectivity index (χ1) is 8.66. The monoisotopic (exact) mass is 241 g/mol. The number of anilines is 2. The Kier molecular flexibility index (Phi) is 3.63. The zero-order valence-electron chi connectivity index (χ0n) is 10.1. The van der Waals surface area contributed by atoms with Gasteiger partial charge in [-0.2, -0.15) is 0 Å². The molecule has 0 aromatic heterocycles. The van der Waals surface area contributed by atoms with Crippen molar-refractivity contribution in [1.82, 2.24) is 0 Å². The largest absolute Gasteiger partial charge is 0.481 e. The molecule has 0 saturated heterocycles. The molecule has 0 heterocycles. The van der Waals surface area contributed by atoms with E-state index in [0.717, 1.165) is 16.9 Å². The summed E-state index contributed by atoms with van der Waals surface area (Å²) in [4.78, 5) is 10.9. The van der Waals surface area contributed by atoms with Gasteiger partial charge in [0.05, 0.1) is 5.92 Å². The molecule has 18 heavy (non-hydrogen) atoms. The molecule has 1 atom stereocenters. The van der Waals surface area contributed by atoms with E-state index in [0.29, 0.717) is 0 Å². The van der Waals surface area contributed by atoms with Crippen molar-refractivity contribution in [1.29, 1.82) is 0 Å². The van der Waals surface area contributed by atoms with Gasteiger partial charge >= 0.3 is 5.97 Å². The fourth-order valence-electron chi connectivity index (χ4n) is 1.72. The van der Waals surface area contributed by atoms with Crippen LogP contribution in [-0.2, 0) is 4.79 Å². The lowest BCUT2D eigenvalue weighted by molar-refractivity contribution is -0.138. The molecule has 0 unspecified atom stereocenters. The van der Waals surface area contributed by atoms with Crippen LogP contribution in [0.2, 0.25) is 0 Å². The van der Waals surface area contributed by atoms with Crippen molar-refractivity contribution in [3.63, 3.8) is 0 Å². The minimum absolute atomic E-state index is 0.498. The molecule has 3 heteroatoms. The van der Waals surface area contributed by atoms with Crippen molar-refractivity contribution in [2.45, 2.75) is 12.8 Å². The smallest absolute Gasteiger partial charge is 0.310 e. The molecule has 0 fully saturated rings. The van der Waals surface area contributed by atoms with Gasteiger partial charge in [0, 0.05) is 11.4 Å². The van der Waals surface area contributed by atoms with E-state index in [9.17, 15) is 4.79 Å². The van der Waals surface area contributed by atoms with Crippen LogP contribution in [-0.4, -0.2) is 11.1 Å². The third-order valence-corrected chi connectivity index (χ3v) is 2.82. The molecule has 0 bridgehead atoms. The molecule has 3 nitrogen and oxygen atoms in total. The Labute approximate surface area is 106 Å². The summed E-state index contributed by atoms with van der Waals surface area (Å²) in [5, 5.41) is 12.2. The second-order valence-corrected chi connectivity index (χ2v) is 4.18. The minimum atomic E-state index is -0.813. The van der Waals surface area contributed by atoms with Crippen molar-refractivity contribution in [2.75, 3.05) is 5.32 Å². The van der Waals surface area contributed by atoms with Gasteiger partial charge in [-0.1, -0.05) is 30.3 Å². The van der Waals surface area contributed by atoms with E-state index in [2.05, 4.69) is 5.32 Å². The first kappa shape index (κ1) is 12.2. The van der Waals surface area contributed by atoms with Crippen molar-refractivity contribution in [2.24, 2.45) is 0 Å². The molecule has 92 valence electrons. The molecule has 0 spiro atoms. The van der Waals surface area contributed by atoms with Gasteiger partial charge in [0.2, 0.25) is 0 Å². The maximum Gasteiger partial charge on any atom is 0.310 e. The highest BCUT2D eigenvalue weighted by molar-refractivity contribution is 5.76. The van der Waals surface area contributed by atoms with Crippen LogP contribution in [0.15, 0.2) is 54.6 Å². The molecule has 0 amide bonds. The summed E-state index contributed by atoms with van der Waals surface area (Å²) in [5.74, 6) is -1.31. The molecular formula is C15H15NO2. The Hall–Kier alpha value is -2.29. The Morgan fingerprint density at radius 3 is 2.39 bits per heavy atom. The highest BCUT2D eigenvalue weighted by Gasteiger charge is 2.13. The lowest BCUT2D eigenvalue weighted by Gasteiger charge is -2.10. The van der Waals surface area contributed by atoms with E-state index in [-0.39, 0.29) is 0 Å². The predicted molar refractivity (Wildman–Crippen MR) is 72.2 cm³/mol. The molecule has 0 aliphatic heterocycles. The second-order valence-electron chi connectivity index (χ2n) is 4.18. The maximum atomic E-state index is 10.9. The molecule has 2 aromatic rings. The lowest BCUT2D eigenvalue weighted by Crippen LogP contribution is -2.07. The number of carbonyl (C=O) groups is 1. The average Bonchev–Trinajstić information content (AvgIpc) is 2.39. The number of hydrogen-bond donors (Lipinski definition) is 2. The summed E-state index contributed by atoms with van der Waals surface area (Å²) in [6, 6.07) is 17.3. The predicted octanol–water partition coefficient (Wildman–Crippen LogP) is 3.62. The van der Waals surface area contributed by atoms with E-state index in [1.165, 1.54) is 0 Å². The number of nitrogens with one attached hydrogen (secondary N) is 1. The quantitative estimate of drug-likeness (QED) is 0.859. The SMILES string of the molecule is C[C@H](C(=O)O)c1cccc(Nc2ccccc2)c1. The first-order valence-electron chi connectivity index (χ1n) is 5.81. The highest BCUT2D eigenvalue weighted by Crippen LogP contribution is 2.22. The van der Waals surface area contributed by atoms with Crippen LogP contribution in [0.5, 0.6) is 0 Å². The summed E-state index contributed by atoms with van der Waals surface area (Å²) in [5.41, 5.74) is 2.67. The Morgan fingerprint density at radius 2 is 1.72 bits per heavy atom. The minimum Gasteiger partial charge on any atom is -0.481 e.